The molecule has 0 radical (unpaired) electrons. The van der Waals surface area contributed by atoms with Crippen LogP contribution in [0.1, 0.15) is 96.6 Å². The molecule has 0 saturated heterocycles. The number of aromatic nitrogens is 2. The lowest BCUT2D eigenvalue weighted by atomic mass is 10.0. The highest BCUT2D eigenvalue weighted by molar-refractivity contribution is 5.89. The van der Waals surface area contributed by atoms with Crippen LogP contribution in [0.15, 0.2) is 36.4 Å². The first-order valence-corrected chi connectivity index (χ1v) is 13.0. The summed E-state index contributed by atoms with van der Waals surface area (Å²) in [7, 11) is 0. The molecule has 2 atom stereocenters. The van der Waals surface area contributed by atoms with Gasteiger partial charge in [-0.1, -0.05) is 18.2 Å². The Morgan fingerprint density at radius 1 is 1.03 bits per heavy atom. The molecule has 0 aliphatic heterocycles. The van der Waals surface area contributed by atoms with E-state index in [-0.39, 0.29) is 11.5 Å². The summed E-state index contributed by atoms with van der Waals surface area (Å²) < 4.78 is 7.27. The van der Waals surface area contributed by atoms with E-state index >= 15 is 0 Å². The topological polar surface area (TPSA) is 107 Å². The van der Waals surface area contributed by atoms with Crippen LogP contribution in [0, 0.1) is 0 Å². The summed E-state index contributed by atoms with van der Waals surface area (Å²) in [6.45, 7) is 16.3. The first-order chi connectivity index (χ1) is 17.1. The molecule has 3 rings (SSSR count). The van der Waals surface area contributed by atoms with Gasteiger partial charge in [0.05, 0.1) is 22.3 Å². The normalized spacial score (nSPS) is 18.4. The Bertz CT molecular complexity index is 1070. The Morgan fingerprint density at radius 3 is 2.32 bits per heavy atom. The fourth-order valence-electron chi connectivity index (χ4n) is 4.37. The lowest BCUT2D eigenvalue weighted by Crippen LogP contribution is -2.53. The molecule has 1 amide bonds. The predicted octanol–water partition coefficient (Wildman–Crippen LogP) is 5.35. The molecule has 3 N–H and O–H groups in total. The summed E-state index contributed by atoms with van der Waals surface area (Å²) in [4.78, 5) is 30.0. The smallest absolute Gasteiger partial charge is 0.408 e. The van der Waals surface area contributed by atoms with Crippen LogP contribution in [-0.2, 0) is 15.1 Å². The summed E-state index contributed by atoms with van der Waals surface area (Å²) >= 11 is 0. The first-order valence-electron chi connectivity index (χ1n) is 13.0. The van der Waals surface area contributed by atoms with Gasteiger partial charge in [-0.2, -0.15) is 5.10 Å². The van der Waals surface area contributed by atoms with Gasteiger partial charge in [-0.05, 0) is 86.8 Å². The number of rotatable bonds is 8. The van der Waals surface area contributed by atoms with Crippen LogP contribution in [0.25, 0.3) is 0 Å². The van der Waals surface area contributed by atoms with Crippen LogP contribution in [0.5, 0.6) is 0 Å². The van der Waals surface area contributed by atoms with Crippen molar-refractivity contribution in [2.75, 3.05) is 12.0 Å². The molecule has 2 aromatic rings. The number of hydrogen-bond acceptors (Lipinski definition) is 7. The van der Waals surface area contributed by atoms with Crippen molar-refractivity contribution in [3.8, 4) is 0 Å². The van der Waals surface area contributed by atoms with E-state index in [9.17, 15) is 9.59 Å². The molecule has 0 bridgehead atoms. The highest BCUT2D eigenvalue weighted by Crippen LogP contribution is 2.36. The second-order valence-corrected chi connectivity index (χ2v) is 12.5. The van der Waals surface area contributed by atoms with Gasteiger partial charge >= 0.3 is 12.1 Å². The molecule has 9 nitrogen and oxygen atoms in total. The third-order valence-corrected chi connectivity index (χ3v) is 6.14. The standard InChI is InChI=1S/C28H43N5O4/c1-26(2,3)33-23(32-37-24(34)19-12-10-9-11-13-19)17-22(31-33)20-14-15-21(16-20)29-18-28(7,8)30-25(35)36-27(4,5)6/h9-13,17,20-21,29,32H,14-16,18H2,1-8H3,(H,30,35). The van der Waals surface area contributed by atoms with E-state index in [2.05, 4.69) is 36.9 Å². The highest BCUT2D eigenvalue weighted by Gasteiger charge is 2.32. The van der Waals surface area contributed by atoms with Crippen molar-refractivity contribution in [1.82, 2.24) is 20.4 Å². The van der Waals surface area contributed by atoms with Gasteiger partial charge in [-0.15, -0.1) is 0 Å². The van der Waals surface area contributed by atoms with Crippen LogP contribution in [0.4, 0.5) is 10.6 Å². The summed E-state index contributed by atoms with van der Waals surface area (Å²) in [5.41, 5.74) is 3.01. The predicted molar refractivity (Wildman–Crippen MR) is 145 cm³/mol. The van der Waals surface area contributed by atoms with Crippen molar-refractivity contribution < 1.29 is 19.2 Å². The van der Waals surface area contributed by atoms with E-state index in [1.807, 2.05) is 51.4 Å². The van der Waals surface area contributed by atoms with Crippen molar-refractivity contribution in [2.45, 2.75) is 103 Å². The molecule has 1 heterocycles. The largest absolute Gasteiger partial charge is 0.444 e. The number of amides is 1. The maximum Gasteiger partial charge on any atom is 0.408 e. The number of nitrogens with zero attached hydrogens (tertiary/aromatic N) is 2. The van der Waals surface area contributed by atoms with E-state index in [1.165, 1.54) is 0 Å². The number of ether oxygens (including phenoxy) is 1. The number of nitrogens with one attached hydrogen (secondary N) is 3. The number of carbonyl (C=O) groups excluding carboxylic acids is 2. The van der Waals surface area contributed by atoms with Crippen molar-refractivity contribution in [3.63, 3.8) is 0 Å². The Balaban J connectivity index is 1.59. The summed E-state index contributed by atoms with van der Waals surface area (Å²) in [6.07, 6.45) is 2.54. The summed E-state index contributed by atoms with van der Waals surface area (Å²) in [5, 5.41) is 11.5. The maximum absolute atomic E-state index is 12.4. The molecule has 9 heteroatoms. The lowest BCUT2D eigenvalue weighted by Gasteiger charge is -2.30. The molecule has 2 unspecified atom stereocenters. The Kier molecular flexibility index (Phi) is 8.57. The molecular weight excluding hydrogens is 470 g/mol. The number of benzene rings is 1. The Labute approximate surface area is 220 Å². The van der Waals surface area contributed by atoms with Crippen LogP contribution < -0.4 is 16.1 Å². The van der Waals surface area contributed by atoms with Gasteiger partial charge in [0.25, 0.3) is 0 Å². The first kappa shape index (κ1) is 28.5. The zero-order valence-corrected chi connectivity index (χ0v) is 23.5. The van der Waals surface area contributed by atoms with Crippen LogP contribution >= 0.6 is 0 Å². The number of carbonyl (C=O) groups is 2. The SMILES string of the molecule is CC(C)(CNC1CCC(c2cc(NOC(=O)c3ccccc3)n(C(C)(C)C)n2)C1)NC(=O)OC(C)(C)C. The second-order valence-electron chi connectivity index (χ2n) is 12.5. The quantitative estimate of drug-likeness (QED) is 0.409. The zero-order chi connectivity index (χ0) is 27.4. The molecule has 1 aromatic heterocycles. The minimum atomic E-state index is -0.531. The molecule has 1 fully saturated rings. The molecule has 204 valence electrons. The third-order valence-electron chi connectivity index (χ3n) is 6.14. The van der Waals surface area contributed by atoms with E-state index in [0.717, 1.165) is 25.0 Å². The van der Waals surface area contributed by atoms with Crippen LogP contribution in [0.2, 0.25) is 0 Å². The van der Waals surface area contributed by atoms with Gasteiger partial charge in [0, 0.05) is 24.6 Å². The monoisotopic (exact) mass is 513 g/mol. The highest BCUT2D eigenvalue weighted by atomic mass is 16.7. The number of anilines is 1. The Hall–Kier alpha value is -3.07. The van der Waals surface area contributed by atoms with Gasteiger partial charge in [0.15, 0.2) is 5.82 Å². The third kappa shape index (κ3) is 8.49. The minimum absolute atomic E-state index is 0.286. The van der Waals surface area contributed by atoms with Gasteiger partial charge in [-0.25, -0.2) is 19.8 Å². The Morgan fingerprint density at radius 2 is 1.70 bits per heavy atom. The molecule has 1 saturated carbocycles. The molecule has 1 aliphatic carbocycles. The summed E-state index contributed by atoms with van der Waals surface area (Å²) in [5.74, 6) is 0.482. The van der Waals surface area contributed by atoms with Crippen LogP contribution in [-0.4, -0.2) is 45.6 Å². The fourth-order valence-corrected chi connectivity index (χ4v) is 4.37. The zero-order valence-electron chi connectivity index (χ0n) is 23.5. The molecule has 37 heavy (non-hydrogen) atoms. The molecular formula is C28H43N5O4. The summed E-state index contributed by atoms with van der Waals surface area (Å²) in [6, 6.07) is 11.2. The van der Waals surface area contributed by atoms with Crippen molar-refractivity contribution in [1.29, 1.82) is 0 Å². The number of alkyl carbamates (subject to hydrolysis) is 1. The van der Waals surface area contributed by atoms with E-state index in [1.54, 1.807) is 24.3 Å². The van der Waals surface area contributed by atoms with Gasteiger partial charge < -0.3 is 20.2 Å². The van der Waals surface area contributed by atoms with E-state index in [0.29, 0.717) is 24.0 Å². The number of hydrogen-bond donors (Lipinski definition) is 3. The average Bonchev–Trinajstić information content (AvgIpc) is 3.42. The van der Waals surface area contributed by atoms with Gasteiger partial charge in [0.2, 0.25) is 0 Å². The molecule has 1 aliphatic rings. The van der Waals surface area contributed by atoms with Crippen molar-refractivity contribution in [3.05, 3.63) is 47.7 Å². The fraction of sp³-hybridized carbons (Fsp3) is 0.607. The van der Waals surface area contributed by atoms with E-state index in [4.69, 9.17) is 14.7 Å². The van der Waals surface area contributed by atoms with Crippen LogP contribution in [0.3, 0.4) is 0 Å². The average molecular weight is 514 g/mol. The lowest BCUT2D eigenvalue weighted by molar-refractivity contribution is 0.0469. The minimum Gasteiger partial charge on any atom is -0.444 e. The maximum atomic E-state index is 12.4. The van der Waals surface area contributed by atoms with Gasteiger partial charge in [-0.3, -0.25) is 0 Å². The van der Waals surface area contributed by atoms with E-state index < -0.39 is 23.2 Å². The van der Waals surface area contributed by atoms with Gasteiger partial charge in [0.1, 0.15) is 5.60 Å². The molecule has 0 spiro atoms. The van der Waals surface area contributed by atoms with Crippen molar-refractivity contribution in [2.24, 2.45) is 0 Å². The second kappa shape index (κ2) is 11.1. The molecule has 1 aromatic carbocycles. The van der Waals surface area contributed by atoms with Crippen molar-refractivity contribution >= 4 is 17.9 Å².